The third-order valence-electron chi connectivity index (χ3n) is 4.20. The number of hydrogen-bond donors (Lipinski definition) is 0. The van der Waals surface area contributed by atoms with Crippen molar-refractivity contribution in [3.63, 3.8) is 0 Å². The van der Waals surface area contributed by atoms with Gasteiger partial charge in [-0.3, -0.25) is 4.79 Å². The molecule has 0 unspecified atom stereocenters. The molecule has 1 aromatic carbocycles. The SMILES string of the molecule is O=C(c1nc2ncc(C#Cc3ccccc3)cc2o1)N1CCCCC1. The van der Waals surface area contributed by atoms with Crippen LogP contribution in [-0.4, -0.2) is 33.9 Å². The zero-order valence-corrected chi connectivity index (χ0v) is 13.7. The maximum Gasteiger partial charge on any atom is 0.309 e. The molecule has 1 aliphatic heterocycles. The normalized spacial score (nSPS) is 14.2. The van der Waals surface area contributed by atoms with Gasteiger partial charge < -0.3 is 9.32 Å². The molecule has 0 aliphatic carbocycles. The van der Waals surface area contributed by atoms with Crippen LogP contribution in [0.5, 0.6) is 0 Å². The highest BCUT2D eigenvalue weighted by molar-refractivity contribution is 5.92. The smallest absolute Gasteiger partial charge is 0.309 e. The van der Waals surface area contributed by atoms with E-state index in [0.717, 1.165) is 37.1 Å². The quantitative estimate of drug-likeness (QED) is 0.642. The van der Waals surface area contributed by atoms with Crippen molar-refractivity contribution in [3.8, 4) is 11.8 Å². The highest BCUT2D eigenvalue weighted by Gasteiger charge is 2.23. The number of piperidine rings is 1. The van der Waals surface area contributed by atoms with Crippen molar-refractivity contribution in [1.82, 2.24) is 14.9 Å². The minimum atomic E-state index is -0.158. The molecule has 3 heterocycles. The topological polar surface area (TPSA) is 59.2 Å². The average molecular weight is 331 g/mol. The number of carbonyl (C=O) groups is 1. The standard InChI is InChI=1S/C20H17N3O2/c24-20(23-11-5-2-6-12-23)19-22-18-17(25-19)13-16(14-21-18)10-9-15-7-3-1-4-8-15/h1,3-4,7-8,13-14H,2,5-6,11-12H2. The van der Waals surface area contributed by atoms with Gasteiger partial charge in [0.1, 0.15) is 0 Å². The molecule has 4 rings (SSSR count). The average Bonchev–Trinajstić information content (AvgIpc) is 3.10. The lowest BCUT2D eigenvalue weighted by Gasteiger charge is -2.25. The number of nitrogens with zero attached hydrogens (tertiary/aromatic N) is 3. The molecule has 0 N–H and O–H groups in total. The third-order valence-corrected chi connectivity index (χ3v) is 4.20. The number of pyridine rings is 1. The summed E-state index contributed by atoms with van der Waals surface area (Å²) in [6.45, 7) is 1.53. The lowest BCUT2D eigenvalue weighted by Crippen LogP contribution is -2.35. The first-order chi connectivity index (χ1) is 12.3. The van der Waals surface area contributed by atoms with Crippen LogP contribution in [0.25, 0.3) is 11.2 Å². The molecular formula is C20H17N3O2. The number of amides is 1. The molecule has 0 spiro atoms. The maximum atomic E-state index is 12.5. The zero-order valence-electron chi connectivity index (χ0n) is 13.7. The van der Waals surface area contributed by atoms with E-state index < -0.39 is 0 Å². The molecule has 1 aliphatic rings. The Morgan fingerprint density at radius 2 is 1.80 bits per heavy atom. The van der Waals surface area contributed by atoms with Crippen molar-refractivity contribution in [2.75, 3.05) is 13.1 Å². The van der Waals surface area contributed by atoms with Gasteiger partial charge >= 0.3 is 5.91 Å². The predicted molar refractivity (Wildman–Crippen MR) is 94.0 cm³/mol. The van der Waals surface area contributed by atoms with Gasteiger partial charge in [-0.15, -0.1) is 0 Å². The van der Waals surface area contributed by atoms with E-state index in [0.29, 0.717) is 11.2 Å². The van der Waals surface area contributed by atoms with Crippen LogP contribution < -0.4 is 0 Å². The van der Waals surface area contributed by atoms with Gasteiger partial charge in [0.05, 0.1) is 0 Å². The Morgan fingerprint density at radius 1 is 1.04 bits per heavy atom. The molecule has 3 aromatic rings. The summed E-state index contributed by atoms with van der Waals surface area (Å²) in [6.07, 6.45) is 4.88. The Morgan fingerprint density at radius 3 is 2.60 bits per heavy atom. The number of fused-ring (bicyclic) bond motifs is 1. The first kappa shape index (κ1) is 15.4. The number of oxazole rings is 1. The Labute approximate surface area is 145 Å². The molecule has 1 saturated heterocycles. The summed E-state index contributed by atoms with van der Waals surface area (Å²) in [5.74, 6) is 6.09. The van der Waals surface area contributed by atoms with Crippen molar-refractivity contribution < 1.29 is 9.21 Å². The fourth-order valence-electron chi connectivity index (χ4n) is 2.88. The van der Waals surface area contributed by atoms with Crippen LogP contribution in [-0.2, 0) is 0 Å². The summed E-state index contributed by atoms with van der Waals surface area (Å²) in [6, 6.07) is 11.5. The lowest BCUT2D eigenvalue weighted by atomic mass is 10.1. The zero-order chi connectivity index (χ0) is 17.1. The number of aromatic nitrogens is 2. The second-order valence-corrected chi connectivity index (χ2v) is 6.03. The van der Waals surface area contributed by atoms with Crippen LogP contribution in [0.2, 0.25) is 0 Å². The number of carbonyl (C=O) groups excluding carboxylic acids is 1. The summed E-state index contributed by atoms with van der Waals surface area (Å²) in [5.41, 5.74) is 2.58. The first-order valence-electron chi connectivity index (χ1n) is 8.42. The van der Waals surface area contributed by atoms with Crippen molar-refractivity contribution in [2.45, 2.75) is 19.3 Å². The van der Waals surface area contributed by atoms with Gasteiger partial charge in [-0.05, 0) is 31.4 Å². The number of hydrogen-bond acceptors (Lipinski definition) is 4. The van der Waals surface area contributed by atoms with Crippen molar-refractivity contribution >= 4 is 17.1 Å². The fraction of sp³-hybridized carbons (Fsp3) is 0.250. The maximum absolute atomic E-state index is 12.5. The Bertz CT molecular complexity index is 961. The van der Waals surface area contributed by atoms with E-state index in [-0.39, 0.29) is 11.8 Å². The molecule has 1 amide bonds. The van der Waals surface area contributed by atoms with E-state index in [1.807, 2.05) is 30.3 Å². The number of rotatable bonds is 1. The van der Waals surface area contributed by atoms with E-state index >= 15 is 0 Å². The van der Waals surface area contributed by atoms with E-state index in [4.69, 9.17) is 4.42 Å². The van der Waals surface area contributed by atoms with Crippen molar-refractivity contribution in [1.29, 1.82) is 0 Å². The summed E-state index contributed by atoms with van der Waals surface area (Å²) in [7, 11) is 0. The van der Waals surface area contributed by atoms with Gasteiger partial charge in [0.15, 0.2) is 11.2 Å². The molecule has 0 bridgehead atoms. The third kappa shape index (κ3) is 3.38. The molecule has 0 saturated carbocycles. The fourth-order valence-corrected chi connectivity index (χ4v) is 2.88. The molecule has 5 nitrogen and oxygen atoms in total. The van der Waals surface area contributed by atoms with Crippen LogP contribution in [0, 0.1) is 11.8 Å². The van der Waals surface area contributed by atoms with Gasteiger partial charge in [0, 0.05) is 36.5 Å². The van der Waals surface area contributed by atoms with Crippen LogP contribution in [0.15, 0.2) is 47.0 Å². The monoisotopic (exact) mass is 331 g/mol. The summed E-state index contributed by atoms with van der Waals surface area (Å²) < 4.78 is 5.64. The molecular weight excluding hydrogens is 314 g/mol. The van der Waals surface area contributed by atoms with Gasteiger partial charge in [0.25, 0.3) is 5.89 Å². The van der Waals surface area contributed by atoms with Crippen LogP contribution in [0.4, 0.5) is 0 Å². The van der Waals surface area contributed by atoms with E-state index in [9.17, 15) is 4.79 Å². The Hall–Kier alpha value is -3.13. The summed E-state index contributed by atoms with van der Waals surface area (Å²) >= 11 is 0. The van der Waals surface area contributed by atoms with Crippen LogP contribution in [0.3, 0.4) is 0 Å². The Balaban J connectivity index is 1.59. The molecule has 0 radical (unpaired) electrons. The van der Waals surface area contributed by atoms with Gasteiger partial charge in [-0.2, -0.15) is 4.98 Å². The molecule has 1 fully saturated rings. The lowest BCUT2D eigenvalue weighted by molar-refractivity contribution is 0.0686. The number of likely N-dealkylation sites (tertiary alicyclic amines) is 1. The van der Waals surface area contributed by atoms with Gasteiger partial charge in [-0.1, -0.05) is 30.0 Å². The molecule has 2 aromatic heterocycles. The minimum absolute atomic E-state index is 0.109. The van der Waals surface area contributed by atoms with Crippen molar-refractivity contribution in [2.24, 2.45) is 0 Å². The van der Waals surface area contributed by atoms with E-state index in [1.54, 1.807) is 17.2 Å². The molecule has 0 atom stereocenters. The minimum Gasteiger partial charge on any atom is -0.430 e. The highest BCUT2D eigenvalue weighted by atomic mass is 16.4. The van der Waals surface area contributed by atoms with Crippen molar-refractivity contribution in [3.05, 3.63) is 59.6 Å². The summed E-state index contributed by atoms with van der Waals surface area (Å²) in [5, 5.41) is 0. The van der Waals surface area contributed by atoms with Gasteiger partial charge in [0.2, 0.25) is 0 Å². The van der Waals surface area contributed by atoms with Crippen LogP contribution >= 0.6 is 0 Å². The van der Waals surface area contributed by atoms with E-state index in [1.165, 1.54) is 6.42 Å². The second-order valence-electron chi connectivity index (χ2n) is 6.03. The molecule has 5 heteroatoms. The molecule has 124 valence electrons. The number of benzene rings is 1. The molecule has 25 heavy (non-hydrogen) atoms. The van der Waals surface area contributed by atoms with Crippen LogP contribution in [0.1, 0.15) is 41.1 Å². The predicted octanol–water partition coefficient (Wildman–Crippen LogP) is 3.25. The Kier molecular flexibility index (Phi) is 4.17. The first-order valence-corrected chi connectivity index (χ1v) is 8.42. The highest BCUT2D eigenvalue weighted by Crippen LogP contribution is 2.18. The summed E-state index contributed by atoms with van der Waals surface area (Å²) in [4.78, 5) is 22.8. The van der Waals surface area contributed by atoms with E-state index in [2.05, 4.69) is 21.8 Å². The largest absolute Gasteiger partial charge is 0.430 e. The second kappa shape index (κ2) is 6.78. The van der Waals surface area contributed by atoms with Gasteiger partial charge in [-0.25, -0.2) is 4.98 Å².